The number of aromatic nitrogens is 1. The van der Waals surface area contributed by atoms with Gasteiger partial charge in [0.1, 0.15) is 29.8 Å². The topological polar surface area (TPSA) is 159 Å². The Labute approximate surface area is 338 Å². The molecule has 4 atom stereocenters. The van der Waals surface area contributed by atoms with E-state index in [9.17, 15) is 28.8 Å². The molecule has 4 aromatic rings. The molecule has 2 bridgehead atoms. The lowest BCUT2D eigenvalue weighted by atomic mass is 9.73. The van der Waals surface area contributed by atoms with Crippen LogP contribution in [-0.2, 0) is 48.1 Å². The Morgan fingerprint density at radius 1 is 0.828 bits per heavy atom. The first-order valence-electron chi connectivity index (χ1n) is 20.1. The van der Waals surface area contributed by atoms with Crippen LogP contribution in [0.4, 0.5) is 4.79 Å². The molecule has 0 radical (unpaired) electrons. The largest absolute Gasteiger partial charge is 0.443 e. The van der Waals surface area contributed by atoms with Crippen molar-refractivity contribution in [1.82, 2.24) is 30.3 Å². The monoisotopic (exact) mass is 788 g/mol. The number of carbonyl (C=O) groups excluding carboxylic acids is 6. The molecule has 13 nitrogen and oxygen atoms in total. The van der Waals surface area contributed by atoms with E-state index in [1.807, 2.05) is 72.8 Å². The van der Waals surface area contributed by atoms with Crippen LogP contribution in [0.15, 0.2) is 91.1 Å². The number of amides is 5. The van der Waals surface area contributed by atoms with Crippen LogP contribution >= 0.6 is 0 Å². The molecule has 3 aliphatic heterocycles. The minimum Gasteiger partial charge on any atom is -0.443 e. The Morgan fingerprint density at radius 2 is 1.47 bits per heavy atom. The fourth-order valence-corrected chi connectivity index (χ4v) is 8.71. The van der Waals surface area contributed by atoms with Crippen LogP contribution in [0, 0.1) is 5.92 Å². The normalized spacial score (nSPS) is 21.1. The van der Waals surface area contributed by atoms with Gasteiger partial charge in [0.05, 0.1) is 11.9 Å². The van der Waals surface area contributed by atoms with Crippen molar-refractivity contribution in [3.63, 3.8) is 0 Å². The van der Waals surface area contributed by atoms with Crippen molar-refractivity contribution in [3.8, 4) is 0 Å². The molecule has 3 aromatic carbocycles. The highest BCUT2D eigenvalue weighted by Gasteiger charge is 2.52. The maximum Gasteiger partial charge on any atom is 0.419 e. The Bertz CT molecular complexity index is 2170. The van der Waals surface area contributed by atoms with Gasteiger partial charge < -0.3 is 30.5 Å². The summed E-state index contributed by atoms with van der Waals surface area (Å²) in [6.45, 7) is 5.62. The van der Waals surface area contributed by atoms with Gasteiger partial charge in [0, 0.05) is 44.1 Å². The van der Waals surface area contributed by atoms with Gasteiger partial charge in [-0.2, -0.15) is 0 Å². The van der Waals surface area contributed by atoms with Crippen molar-refractivity contribution in [2.75, 3.05) is 7.05 Å². The summed E-state index contributed by atoms with van der Waals surface area (Å²) in [4.78, 5) is 86.5. The fourth-order valence-electron chi connectivity index (χ4n) is 8.71. The smallest absolute Gasteiger partial charge is 0.419 e. The average molecular weight is 789 g/mol. The molecule has 1 saturated carbocycles. The third-order valence-electron chi connectivity index (χ3n) is 11.4. The SMILES string of the molecule is CN(Cc1ccccc1)C(=O)[C@H](Cc1ccccc1)NC(=O)[C@@H](Cc1cn(C(=O)OC(C)(C)C)c2ccccc12)NC(=O)C[C@@H]1NC(=O)[C@@H]2C3CCC(CC3)N2C1=O. The lowest BCUT2D eigenvalue weighted by Gasteiger charge is -2.53. The van der Waals surface area contributed by atoms with E-state index < -0.39 is 47.7 Å². The molecule has 8 rings (SSSR count). The molecular formula is C45H52N6O7. The van der Waals surface area contributed by atoms with Crippen LogP contribution in [-0.4, -0.2) is 92.9 Å². The van der Waals surface area contributed by atoms with Crippen LogP contribution in [0.1, 0.15) is 69.6 Å². The van der Waals surface area contributed by atoms with E-state index in [4.69, 9.17) is 4.74 Å². The molecule has 3 N–H and O–H groups in total. The second kappa shape index (κ2) is 16.9. The number of nitrogens with zero attached hydrogens (tertiary/aromatic N) is 3. The van der Waals surface area contributed by atoms with Gasteiger partial charge in [-0.25, -0.2) is 4.79 Å². The number of hydrogen-bond donors (Lipinski definition) is 3. The molecule has 5 amide bonds. The molecule has 13 heteroatoms. The summed E-state index contributed by atoms with van der Waals surface area (Å²) in [5.74, 6) is -2.00. The number of ether oxygens (including phenoxy) is 1. The summed E-state index contributed by atoms with van der Waals surface area (Å²) < 4.78 is 7.07. The summed E-state index contributed by atoms with van der Waals surface area (Å²) in [6.07, 6.45) is 4.20. The Kier molecular flexibility index (Phi) is 11.7. The van der Waals surface area contributed by atoms with Crippen molar-refractivity contribution in [2.45, 2.75) is 108 Å². The third kappa shape index (κ3) is 8.93. The predicted molar refractivity (Wildman–Crippen MR) is 217 cm³/mol. The predicted octanol–water partition coefficient (Wildman–Crippen LogP) is 4.50. The maximum absolute atomic E-state index is 14.6. The number of hydrogen-bond acceptors (Lipinski definition) is 7. The quantitative estimate of drug-likeness (QED) is 0.191. The van der Waals surface area contributed by atoms with Gasteiger partial charge in [-0.05, 0) is 75.1 Å². The summed E-state index contributed by atoms with van der Waals surface area (Å²) in [6, 6.07) is 22.2. The van der Waals surface area contributed by atoms with Crippen molar-refractivity contribution < 1.29 is 33.5 Å². The molecule has 0 spiro atoms. The lowest BCUT2D eigenvalue weighted by Crippen LogP contribution is -2.71. The first-order valence-corrected chi connectivity index (χ1v) is 20.1. The molecule has 58 heavy (non-hydrogen) atoms. The van der Waals surface area contributed by atoms with E-state index in [-0.39, 0.29) is 48.9 Å². The van der Waals surface area contributed by atoms with E-state index in [0.29, 0.717) is 23.0 Å². The Morgan fingerprint density at radius 3 is 2.14 bits per heavy atom. The number of likely N-dealkylation sites (N-methyl/N-ethyl adjacent to an activating group) is 1. The van der Waals surface area contributed by atoms with Gasteiger partial charge in [-0.1, -0.05) is 78.9 Å². The van der Waals surface area contributed by atoms with Crippen LogP contribution in [0.25, 0.3) is 10.9 Å². The molecule has 3 saturated heterocycles. The van der Waals surface area contributed by atoms with E-state index in [1.165, 1.54) is 4.57 Å². The molecule has 4 aliphatic rings. The van der Waals surface area contributed by atoms with E-state index >= 15 is 0 Å². The summed E-state index contributed by atoms with van der Waals surface area (Å²) >= 11 is 0. The maximum atomic E-state index is 14.6. The van der Waals surface area contributed by atoms with Crippen molar-refractivity contribution >= 4 is 46.5 Å². The zero-order chi connectivity index (χ0) is 41.1. The average Bonchev–Trinajstić information content (AvgIpc) is 3.57. The molecular weight excluding hydrogens is 737 g/mol. The summed E-state index contributed by atoms with van der Waals surface area (Å²) in [5.41, 5.74) is 2.10. The highest BCUT2D eigenvalue weighted by atomic mass is 16.6. The van der Waals surface area contributed by atoms with E-state index in [2.05, 4.69) is 16.0 Å². The number of para-hydroxylation sites is 1. The van der Waals surface area contributed by atoms with Gasteiger partial charge >= 0.3 is 6.09 Å². The molecule has 4 fully saturated rings. The number of rotatable bonds is 12. The van der Waals surface area contributed by atoms with Crippen molar-refractivity contribution in [3.05, 3.63) is 108 Å². The second-order valence-electron chi connectivity index (χ2n) is 16.8. The molecule has 304 valence electrons. The third-order valence-corrected chi connectivity index (χ3v) is 11.4. The molecule has 1 aliphatic carbocycles. The standard InChI is InChI=1S/C45H52N6O7/c1-45(2,3)58-44(57)50-27-31(33-17-11-12-18-37(33)50)24-34(46-38(52)25-36-43(56)51-32-21-19-30(20-22-32)39(51)41(54)48-36)40(53)47-35(23-28-13-7-5-8-14-28)42(55)49(4)26-29-15-9-6-10-16-29/h5-18,27,30,32,34-36,39H,19-26H2,1-4H3,(H,46,52)(H,47,53)(H,48,54)/t30?,32?,34-,35+,36+,39+/m1/s1. The first-order chi connectivity index (χ1) is 27.8. The summed E-state index contributed by atoms with van der Waals surface area (Å²) in [5, 5.41) is 9.27. The highest BCUT2D eigenvalue weighted by molar-refractivity contribution is 6.01. The minimum absolute atomic E-state index is 0.0287. The summed E-state index contributed by atoms with van der Waals surface area (Å²) in [7, 11) is 1.68. The van der Waals surface area contributed by atoms with Gasteiger partial charge in [-0.3, -0.25) is 28.5 Å². The fraction of sp³-hybridized carbons (Fsp3) is 0.422. The number of carbonyl (C=O) groups is 6. The highest BCUT2D eigenvalue weighted by Crippen LogP contribution is 2.41. The van der Waals surface area contributed by atoms with E-state index in [1.54, 1.807) is 55.9 Å². The number of nitrogens with one attached hydrogen (secondary N) is 3. The van der Waals surface area contributed by atoms with Crippen molar-refractivity contribution in [2.24, 2.45) is 5.92 Å². The van der Waals surface area contributed by atoms with Crippen LogP contribution < -0.4 is 16.0 Å². The first kappa shape index (κ1) is 40.2. The number of piperazine rings is 1. The number of piperidine rings is 2. The van der Waals surface area contributed by atoms with Gasteiger partial charge in [0.2, 0.25) is 29.5 Å². The number of benzene rings is 3. The van der Waals surface area contributed by atoms with Gasteiger partial charge in [-0.15, -0.1) is 0 Å². The molecule has 0 unspecified atom stereocenters. The lowest BCUT2D eigenvalue weighted by molar-refractivity contribution is -0.163. The molecule has 1 aromatic heterocycles. The van der Waals surface area contributed by atoms with Crippen LogP contribution in [0.3, 0.4) is 0 Å². The van der Waals surface area contributed by atoms with Crippen LogP contribution in [0.5, 0.6) is 0 Å². The molecule has 4 heterocycles. The van der Waals surface area contributed by atoms with Gasteiger partial charge in [0.25, 0.3) is 0 Å². The van der Waals surface area contributed by atoms with Crippen LogP contribution in [0.2, 0.25) is 0 Å². The number of fused-ring (bicyclic) bond motifs is 3. The zero-order valence-electron chi connectivity index (χ0n) is 33.5. The zero-order valence-corrected chi connectivity index (χ0v) is 33.5. The van der Waals surface area contributed by atoms with Gasteiger partial charge in [0.15, 0.2) is 0 Å². The Balaban J connectivity index is 1.17. The minimum atomic E-state index is -1.25. The Hall–Kier alpha value is -5.98. The second-order valence-corrected chi connectivity index (χ2v) is 16.8. The van der Waals surface area contributed by atoms with Crippen molar-refractivity contribution in [1.29, 1.82) is 0 Å². The van der Waals surface area contributed by atoms with E-state index in [0.717, 1.165) is 36.8 Å².